The average molecular weight is 315 g/mol. The van der Waals surface area contributed by atoms with Gasteiger partial charge in [0.05, 0.1) is 4.92 Å². The van der Waals surface area contributed by atoms with Crippen LogP contribution in [0.2, 0.25) is 5.02 Å². The smallest absolute Gasteiger partial charge is 0.323 e. The lowest BCUT2D eigenvalue weighted by Gasteiger charge is -2.27. The zero-order valence-corrected chi connectivity index (χ0v) is 12.3. The molecule has 1 atom stereocenters. The zero-order valence-electron chi connectivity index (χ0n) is 11.6. The van der Waals surface area contributed by atoms with Crippen LogP contribution in [0.3, 0.4) is 0 Å². The molecule has 0 aliphatic rings. The van der Waals surface area contributed by atoms with E-state index in [2.05, 4.69) is 0 Å². The van der Waals surface area contributed by atoms with Crippen LogP contribution in [0.4, 0.5) is 5.69 Å². The van der Waals surface area contributed by atoms with Crippen LogP contribution in [0.15, 0.2) is 18.2 Å². The van der Waals surface area contributed by atoms with Crippen molar-refractivity contribution in [1.29, 1.82) is 0 Å². The molecule has 1 unspecified atom stereocenters. The zero-order chi connectivity index (χ0) is 16.2. The number of nitrogens with zero attached hydrogens (tertiary/aromatic N) is 2. The molecule has 1 aromatic rings. The number of aliphatic carboxylic acids is 1. The predicted octanol–water partition coefficient (Wildman–Crippen LogP) is 2.57. The summed E-state index contributed by atoms with van der Waals surface area (Å²) >= 11 is 5.76. The van der Waals surface area contributed by atoms with Crippen molar-refractivity contribution in [2.75, 3.05) is 6.54 Å². The maximum atomic E-state index is 12.3. The molecule has 8 heteroatoms. The fraction of sp³-hybridized carbons (Fsp3) is 0.385. The molecule has 0 saturated heterocycles. The molecule has 1 aromatic carbocycles. The van der Waals surface area contributed by atoms with Crippen molar-refractivity contribution in [1.82, 2.24) is 4.90 Å². The van der Waals surface area contributed by atoms with Crippen molar-refractivity contribution in [3.05, 3.63) is 38.9 Å². The fourth-order valence-corrected chi connectivity index (χ4v) is 2.00. The number of hydrogen-bond donors (Lipinski definition) is 1. The van der Waals surface area contributed by atoms with E-state index in [9.17, 15) is 19.7 Å². The lowest BCUT2D eigenvalue weighted by Crippen LogP contribution is -2.41. The molecule has 0 heterocycles. The highest BCUT2D eigenvalue weighted by Gasteiger charge is 2.24. The number of rotatable bonds is 6. The highest BCUT2D eigenvalue weighted by Crippen LogP contribution is 2.26. The van der Waals surface area contributed by atoms with Gasteiger partial charge in [0.25, 0.3) is 11.6 Å². The number of carboxylic acids is 1. The van der Waals surface area contributed by atoms with Gasteiger partial charge in [-0.25, -0.2) is 0 Å². The van der Waals surface area contributed by atoms with E-state index in [4.69, 9.17) is 16.7 Å². The molecule has 114 valence electrons. The van der Waals surface area contributed by atoms with Crippen molar-refractivity contribution < 1.29 is 19.6 Å². The Kier molecular flexibility index (Phi) is 5.66. The summed E-state index contributed by atoms with van der Waals surface area (Å²) in [6.07, 6.45) is 0.583. The molecule has 0 aromatic heterocycles. The number of benzene rings is 1. The third-order valence-electron chi connectivity index (χ3n) is 3.08. The number of nitro groups is 1. The highest BCUT2D eigenvalue weighted by molar-refractivity contribution is 6.33. The molecule has 1 N–H and O–H groups in total. The second-order valence-electron chi connectivity index (χ2n) is 4.51. The minimum atomic E-state index is -1.13. The maximum absolute atomic E-state index is 12.3. The summed E-state index contributed by atoms with van der Waals surface area (Å²) in [5.41, 5.74) is -0.186. The van der Waals surface area contributed by atoms with Crippen molar-refractivity contribution in [2.45, 2.75) is 26.3 Å². The SMILES string of the molecule is CCC(C)N(CC(=O)O)C(=O)c1ccc([N+](=O)[O-])c(Cl)c1. The van der Waals surface area contributed by atoms with E-state index in [0.717, 1.165) is 6.07 Å². The van der Waals surface area contributed by atoms with E-state index < -0.39 is 23.3 Å². The van der Waals surface area contributed by atoms with E-state index in [0.29, 0.717) is 6.42 Å². The van der Waals surface area contributed by atoms with Crippen molar-refractivity contribution in [3.8, 4) is 0 Å². The van der Waals surface area contributed by atoms with Gasteiger partial charge in [0.15, 0.2) is 0 Å². The predicted molar refractivity (Wildman–Crippen MR) is 76.5 cm³/mol. The molecule has 0 saturated carbocycles. The molecular weight excluding hydrogens is 300 g/mol. The van der Waals surface area contributed by atoms with Gasteiger partial charge in [-0.15, -0.1) is 0 Å². The number of amides is 1. The van der Waals surface area contributed by atoms with Crippen LogP contribution in [0.5, 0.6) is 0 Å². The van der Waals surface area contributed by atoms with Crippen LogP contribution < -0.4 is 0 Å². The van der Waals surface area contributed by atoms with Crippen LogP contribution in [0, 0.1) is 10.1 Å². The first-order valence-electron chi connectivity index (χ1n) is 6.24. The lowest BCUT2D eigenvalue weighted by molar-refractivity contribution is -0.384. The summed E-state index contributed by atoms with van der Waals surface area (Å²) < 4.78 is 0. The summed E-state index contributed by atoms with van der Waals surface area (Å²) in [7, 11) is 0. The van der Waals surface area contributed by atoms with E-state index in [-0.39, 0.29) is 22.3 Å². The summed E-state index contributed by atoms with van der Waals surface area (Å²) in [6.45, 7) is 3.12. The molecule has 0 aliphatic heterocycles. The minimum absolute atomic E-state index is 0.118. The number of nitro benzene ring substituents is 1. The maximum Gasteiger partial charge on any atom is 0.323 e. The van der Waals surface area contributed by atoms with E-state index >= 15 is 0 Å². The summed E-state index contributed by atoms with van der Waals surface area (Å²) in [5.74, 6) is -1.65. The lowest BCUT2D eigenvalue weighted by atomic mass is 10.1. The molecule has 0 aliphatic carbocycles. The second-order valence-corrected chi connectivity index (χ2v) is 4.91. The minimum Gasteiger partial charge on any atom is -0.480 e. The Balaban J connectivity index is 3.11. The Hall–Kier alpha value is -2.15. The molecule has 0 radical (unpaired) electrons. The summed E-state index contributed by atoms with van der Waals surface area (Å²) in [6, 6.07) is 3.30. The van der Waals surface area contributed by atoms with Crippen molar-refractivity contribution in [2.24, 2.45) is 0 Å². The van der Waals surface area contributed by atoms with Gasteiger partial charge in [-0.2, -0.15) is 0 Å². The standard InChI is InChI=1S/C13H15ClN2O5/c1-3-8(2)15(7-12(17)18)13(19)9-4-5-11(16(20)21)10(14)6-9/h4-6,8H,3,7H2,1-2H3,(H,17,18). The van der Waals surface area contributed by atoms with Crippen LogP contribution in [-0.4, -0.2) is 39.4 Å². The normalized spacial score (nSPS) is 11.8. The Labute approximate surface area is 126 Å². The fourth-order valence-electron chi connectivity index (χ4n) is 1.75. The topological polar surface area (TPSA) is 101 Å². The summed E-state index contributed by atoms with van der Waals surface area (Å²) in [5, 5.41) is 19.4. The Morgan fingerprint density at radius 3 is 2.52 bits per heavy atom. The molecule has 0 bridgehead atoms. The Morgan fingerprint density at radius 1 is 1.48 bits per heavy atom. The molecular formula is C13H15ClN2O5. The van der Waals surface area contributed by atoms with Gasteiger partial charge in [-0.3, -0.25) is 19.7 Å². The quantitative estimate of drug-likeness (QED) is 0.642. The largest absolute Gasteiger partial charge is 0.480 e. The van der Waals surface area contributed by atoms with Gasteiger partial charge in [0.1, 0.15) is 11.6 Å². The van der Waals surface area contributed by atoms with Gasteiger partial charge in [-0.05, 0) is 25.5 Å². The summed E-state index contributed by atoms with van der Waals surface area (Å²) in [4.78, 5) is 34.4. The first kappa shape index (κ1) is 16.9. The van der Waals surface area contributed by atoms with Gasteiger partial charge in [0, 0.05) is 17.7 Å². The molecule has 1 amide bonds. The van der Waals surface area contributed by atoms with Crippen LogP contribution in [0.25, 0.3) is 0 Å². The Bertz CT molecular complexity index is 576. The van der Waals surface area contributed by atoms with Crippen molar-refractivity contribution >= 4 is 29.2 Å². The van der Waals surface area contributed by atoms with E-state index in [1.807, 2.05) is 6.92 Å². The number of hydrogen-bond acceptors (Lipinski definition) is 4. The Morgan fingerprint density at radius 2 is 2.10 bits per heavy atom. The first-order valence-corrected chi connectivity index (χ1v) is 6.62. The van der Waals surface area contributed by atoms with Gasteiger partial charge in [0.2, 0.25) is 0 Å². The van der Waals surface area contributed by atoms with Crippen molar-refractivity contribution in [3.63, 3.8) is 0 Å². The molecule has 21 heavy (non-hydrogen) atoms. The van der Waals surface area contributed by atoms with Gasteiger partial charge < -0.3 is 10.0 Å². The number of carbonyl (C=O) groups excluding carboxylic acids is 1. The number of carbonyl (C=O) groups is 2. The van der Waals surface area contributed by atoms with Gasteiger partial charge >= 0.3 is 5.97 Å². The molecule has 7 nitrogen and oxygen atoms in total. The third-order valence-corrected chi connectivity index (χ3v) is 3.38. The highest BCUT2D eigenvalue weighted by atomic mass is 35.5. The van der Waals surface area contributed by atoms with Gasteiger partial charge in [-0.1, -0.05) is 18.5 Å². The van der Waals surface area contributed by atoms with Crippen LogP contribution in [-0.2, 0) is 4.79 Å². The van der Waals surface area contributed by atoms with Crippen LogP contribution >= 0.6 is 11.6 Å². The third kappa shape index (κ3) is 4.16. The van der Waals surface area contributed by atoms with Crippen LogP contribution in [0.1, 0.15) is 30.6 Å². The van der Waals surface area contributed by atoms with E-state index in [1.165, 1.54) is 17.0 Å². The first-order chi connectivity index (χ1) is 9.77. The number of halogens is 1. The van der Waals surface area contributed by atoms with E-state index in [1.54, 1.807) is 6.92 Å². The molecule has 1 rings (SSSR count). The average Bonchev–Trinajstić information content (AvgIpc) is 2.42. The number of carboxylic acid groups (broad SMARTS) is 1. The monoisotopic (exact) mass is 314 g/mol. The second kappa shape index (κ2) is 7.03. The molecule has 0 spiro atoms. The molecule has 0 fully saturated rings.